The number of aryl methyl sites for hydroxylation is 1. The molecule has 0 amide bonds. The average Bonchev–Trinajstić information content (AvgIpc) is 2.60. The molecular weight excluding hydrogens is 174 g/mol. The lowest BCUT2D eigenvalue weighted by Gasteiger charge is -2.16. The van der Waals surface area contributed by atoms with E-state index in [-0.39, 0.29) is 0 Å². The van der Waals surface area contributed by atoms with Gasteiger partial charge in [-0.25, -0.2) is 4.98 Å². The SMILES string of the molecule is CCN(C)CC[C@@H](C)c1cnc(C)[nH]1. The molecule has 1 rings (SSSR count). The molecule has 0 unspecified atom stereocenters. The third kappa shape index (κ3) is 3.14. The van der Waals surface area contributed by atoms with E-state index < -0.39 is 0 Å². The first-order valence-electron chi connectivity index (χ1n) is 5.33. The molecule has 1 heterocycles. The highest BCUT2D eigenvalue weighted by atomic mass is 15.1. The summed E-state index contributed by atoms with van der Waals surface area (Å²) in [5.41, 5.74) is 1.26. The normalized spacial score (nSPS) is 13.5. The van der Waals surface area contributed by atoms with Gasteiger partial charge in [0.2, 0.25) is 0 Å². The van der Waals surface area contributed by atoms with E-state index >= 15 is 0 Å². The van der Waals surface area contributed by atoms with Crippen LogP contribution in [0.2, 0.25) is 0 Å². The van der Waals surface area contributed by atoms with Crippen LogP contribution in [0.3, 0.4) is 0 Å². The van der Waals surface area contributed by atoms with E-state index in [1.807, 2.05) is 13.1 Å². The lowest BCUT2D eigenvalue weighted by Crippen LogP contribution is -2.20. The van der Waals surface area contributed by atoms with Crippen LogP contribution in [0.1, 0.15) is 37.7 Å². The zero-order chi connectivity index (χ0) is 10.6. The van der Waals surface area contributed by atoms with E-state index in [9.17, 15) is 0 Å². The molecular formula is C11H21N3. The molecule has 0 aliphatic heterocycles. The summed E-state index contributed by atoms with van der Waals surface area (Å²) in [6.07, 6.45) is 3.14. The van der Waals surface area contributed by atoms with Gasteiger partial charge in [0.25, 0.3) is 0 Å². The van der Waals surface area contributed by atoms with Gasteiger partial charge >= 0.3 is 0 Å². The van der Waals surface area contributed by atoms with E-state index in [2.05, 4.69) is 35.8 Å². The first kappa shape index (κ1) is 11.2. The molecule has 3 nitrogen and oxygen atoms in total. The van der Waals surface area contributed by atoms with E-state index in [1.165, 1.54) is 12.1 Å². The number of hydrogen-bond acceptors (Lipinski definition) is 2. The van der Waals surface area contributed by atoms with Crippen molar-refractivity contribution in [2.45, 2.75) is 33.1 Å². The fourth-order valence-corrected chi connectivity index (χ4v) is 1.42. The molecule has 0 spiro atoms. The van der Waals surface area contributed by atoms with E-state index in [1.54, 1.807) is 0 Å². The molecule has 1 aromatic rings. The van der Waals surface area contributed by atoms with Crippen molar-refractivity contribution in [1.29, 1.82) is 0 Å². The van der Waals surface area contributed by atoms with Crippen LogP contribution in [0.25, 0.3) is 0 Å². The van der Waals surface area contributed by atoms with Gasteiger partial charge in [-0.15, -0.1) is 0 Å². The van der Waals surface area contributed by atoms with Crippen LogP contribution >= 0.6 is 0 Å². The van der Waals surface area contributed by atoms with Gasteiger partial charge in [0.05, 0.1) is 0 Å². The van der Waals surface area contributed by atoms with Crippen molar-refractivity contribution in [2.24, 2.45) is 0 Å². The molecule has 0 aliphatic carbocycles. The number of nitrogens with one attached hydrogen (secondary N) is 1. The number of aromatic amines is 1. The topological polar surface area (TPSA) is 31.9 Å². The zero-order valence-electron chi connectivity index (χ0n) is 9.67. The number of hydrogen-bond donors (Lipinski definition) is 1. The molecule has 0 saturated carbocycles. The number of aromatic nitrogens is 2. The first-order chi connectivity index (χ1) is 6.63. The van der Waals surface area contributed by atoms with Gasteiger partial charge in [-0.3, -0.25) is 0 Å². The first-order valence-corrected chi connectivity index (χ1v) is 5.33. The van der Waals surface area contributed by atoms with Crippen molar-refractivity contribution in [3.05, 3.63) is 17.7 Å². The second-order valence-electron chi connectivity index (χ2n) is 4.01. The number of nitrogens with zero attached hydrogens (tertiary/aromatic N) is 2. The minimum atomic E-state index is 0.574. The predicted octanol–water partition coefficient (Wildman–Crippen LogP) is 2.16. The standard InChI is InChI=1S/C11H21N3/c1-5-14(4)7-6-9(2)11-8-12-10(3)13-11/h8-9H,5-7H2,1-4H3,(H,12,13)/t9-/m1/s1. The molecule has 1 aromatic heterocycles. The second-order valence-corrected chi connectivity index (χ2v) is 4.01. The fourth-order valence-electron chi connectivity index (χ4n) is 1.42. The monoisotopic (exact) mass is 195 g/mol. The summed E-state index contributed by atoms with van der Waals surface area (Å²) >= 11 is 0. The van der Waals surface area contributed by atoms with Crippen LogP contribution in [0, 0.1) is 6.92 Å². The Kier molecular flexibility index (Phi) is 4.14. The Bertz CT molecular complexity index is 267. The molecule has 80 valence electrons. The van der Waals surface area contributed by atoms with Crippen molar-refractivity contribution >= 4 is 0 Å². The van der Waals surface area contributed by atoms with Gasteiger partial charge in [-0.1, -0.05) is 13.8 Å². The Morgan fingerprint density at radius 1 is 1.57 bits per heavy atom. The largest absolute Gasteiger partial charge is 0.346 e. The van der Waals surface area contributed by atoms with Crippen LogP contribution in [0.15, 0.2) is 6.20 Å². The van der Waals surface area contributed by atoms with Gasteiger partial charge in [-0.05, 0) is 39.4 Å². The molecule has 0 bridgehead atoms. The third-order valence-electron chi connectivity index (χ3n) is 2.74. The van der Waals surface area contributed by atoms with Crippen molar-refractivity contribution in [2.75, 3.05) is 20.1 Å². The predicted molar refractivity (Wildman–Crippen MR) is 59.5 cm³/mol. The maximum atomic E-state index is 4.22. The molecule has 1 atom stereocenters. The highest BCUT2D eigenvalue weighted by Gasteiger charge is 2.08. The van der Waals surface area contributed by atoms with Crippen molar-refractivity contribution in [3.8, 4) is 0 Å². The van der Waals surface area contributed by atoms with Crippen molar-refractivity contribution < 1.29 is 0 Å². The minimum absolute atomic E-state index is 0.574. The van der Waals surface area contributed by atoms with Crippen LogP contribution in [-0.4, -0.2) is 35.0 Å². The van der Waals surface area contributed by atoms with Crippen LogP contribution in [-0.2, 0) is 0 Å². The third-order valence-corrected chi connectivity index (χ3v) is 2.74. The highest BCUT2D eigenvalue weighted by molar-refractivity contribution is 5.05. The van der Waals surface area contributed by atoms with Crippen LogP contribution in [0.4, 0.5) is 0 Å². The van der Waals surface area contributed by atoms with E-state index in [0.717, 1.165) is 18.9 Å². The molecule has 0 saturated heterocycles. The summed E-state index contributed by atoms with van der Waals surface area (Å²) in [6, 6.07) is 0. The lowest BCUT2D eigenvalue weighted by molar-refractivity contribution is 0.336. The smallest absolute Gasteiger partial charge is 0.103 e. The van der Waals surface area contributed by atoms with E-state index in [4.69, 9.17) is 0 Å². The molecule has 0 aromatic carbocycles. The average molecular weight is 195 g/mol. The number of imidazole rings is 1. The molecule has 0 fully saturated rings. The Balaban J connectivity index is 2.39. The Morgan fingerprint density at radius 2 is 2.29 bits per heavy atom. The summed E-state index contributed by atoms with van der Waals surface area (Å²) < 4.78 is 0. The van der Waals surface area contributed by atoms with Crippen LogP contribution < -0.4 is 0 Å². The van der Waals surface area contributed by atoms with Gasteiger partial charge in [0.15, 0.2) is 0 Å². The summed E-state index contributed by atoms with van der Waals surface area (Å²) in [7, 11) is 2.16. The highest BCUT2D eigenvalue weighted by Crippen LogP contribution is 2.16. The Morgan fingerprint density at radius 3 is 2.79 bits per heavy atom. The lowest BCUT2D eigenvalue weighted by atomic mass is 10.0. The van der Waals surface area contributed by atoms with Crippen LogP contribution in [0.5, 0.6) is 0 Å². The Labute approximate surface area is 86.5 Å². The van der Waals surface area contributed by atoms with Gasteiger partial charge < -0.3 is 9.88 Å². The quantitative estimate of drug-likeness (QED) is 0.780. The molecule has 1 N–H and O–H groups in total. The summed E-state index contributed by atoms with van der Waals surface area (Å²) in [4.78, 5) is 9.84. The van der Waals surface area contributed by atoms with Gasteiger partial charge in [-0.2, -0.15) is 0 Å². The summed E-state index contributed by atoms with van der Waals surface area (Å²) in [5.74, 6) is 1.58. The Hall–Kier alpha value is -0.830. The summed E-state index contributed by atoms with van der Waals surface area (Å²) in [5, 5.41) is 0. The second kappa shape index (κ2) is 5.15. The van der Waals surface area contributed by atoms with E-state index in [0.29, 0.717) is 5.92 Å². The maximum absolute atomic E-state index is 4.22. The number of rotatable bonds is 5. The molecule has 0 radical (unpaired) electrons. The van der Waals surface area contributed by atoms with Crippen molar-refractivity contribution in [1.82, 2.24) is 14.9 Å². The van der Waals surface area contributed by atoms with Gasteiger partial charge in [0, 0.05) is 11.9 Å². The zero-order valence-corrected chi connectivity index (χ0v) is 9.67. The molecule has 14 heavy (non-hydrogen) atoms. The fraction of sp³-hybridized carbons (Fsp3) is 0.727. The summed E-state index contributed by atoms with van der Waals surface area (Å²) in [6.45, 7) is 8.69. The van der Waals surface area contributed by atoms with Gasteiger partial charge in [0.1, 0.15) is 5.82 Å². The maximum Gasteiger partial charge on any atom is 0.103 e. The molecule has 0 aliphatic rings. The minimum Gasteiger partial charge on any atom is -0.346 e. The number of H-pyrrole nitrogens is 1. The molecule has 3 heteroatoms. The van der Waals surface area contributed by atoms with Crippen molar-refractivity contribution in [3.63, 3.8) is 0 Å².